The second kappa shape index (κ2) is 7.95. The smallest absolute Gasteiger partial charge is 0.193 e. The van der Waals surface area contributed by atoms with Crippen LogP contribution in [0.25, 0.3) is 0 Å². The molecule has 0 aromatic carbocycles. The van der Waals surface area contributed by atoms with Crippen molar-refractivity contribution in [1.82, 2.24) is 10.2 Å². The lowest BCUT2D eigenvalue weighted by Gasteiger charge is -2.24. The van der Waals surface area contributed by atoms with Crippen LogP contribution in [-0.2, 0) is 4.74 Å². The number of ether oxygens (including phenoxy) is 1. The third kappa shape index (κ3) is 4.25. The molecule has 19 heavy (non-hydrogen) atoms. The Morgan fingerprint density at radius 2 is 2.37 bits per heavy atom. The van der Waals surface area contributed by atoms with E-state index in [-0.39, 0.29) is 24.0 Å². The Hall–Kier alpha value is -0.480. The normalized spacial score (nSPS) is 26.3. The summed E-state index contributed by atoms with van der Waals surface area (Å²) in [6.07, 6.45) is 8.37. The van der Waals surface area contributed by atoms with E-state index in [2.05, 4.69) is 28.1 Å². The minimum atomic E-state index is 0. The SMILES string of the molecule is C#CCCN=C(NCC)N1CCC2(CCOC2)C1.I. The molecule has 1 N–H and O–H groups in total. The molecule has 1 unspecified atom stereocenters. The van der Waals surface area contributed by atoms with Crippen molar-refractivity contribution >= 4 is 29.9 Å². The molecule has 2 saturated heterocycles. The van der Waals surface area contributed by atoms with E-state index in [4.69, 9.17) is 11.2 Å². The van der Waals surface area contributed by atoms with Crippen molar-refractivity contribution in [3.05, 3.63) is 0 Å². The lowest BCUT2D eigenvalue weighted by Crippen LogP contribution is -2.41. The van der Waals surface area contributed by atoms with E-state index in [1.807, 2.05) is 0 Å². The van der Waals surface area contributed by atoms with Crippen LogP contribution in [0.15, 0.2) is 4.99 Å². The maximum atomic E-state index is 5.56. The van der Waals surface area contributed by atoms with Gasteiger partial charge in [-0.3, -0.25) is 4.99 Å². The first kappa shape index (κ1) is 16.6. The largest absolute Gasteiger partial charge is 0.381 e. The summed E-state index contributed by atoms with van der Waals surface area (Å²) >= 11 is 0. The predicted octanol–water partition coefficient (Wildman–Crippen LogP) is 1.71. The zero-order valence-corrected chi connectivity index (χ0v) is 14.0. The van der Waals surface area contributed by atoms with Crippen molar-refractivity contribution in [2.24, 2.45) is 10.4 Å². The number of aliphatic imine (C=N–C) groups is 1. The molecule has 2 heterocycles. The van der Waals surface area contributed by atoms with Crippen molar-refractivity contribution in [1.29, 1.82) is 0 Å². The van der Waals surface area contributed by atoms with Gasteiger partial charge in [0, 0.05) is 38.1 Å². The molecule has 0 bridgehead atoms. The van der Waals surface area contributed by atoms with Crippen molar-refractivity contribution in [2.45, 2.75) is 26.2 Å². The van der Waals surface area contributed by atoms with Gasteiger partial charge in [0.25, 0.3) is 0 Å². The Bertz CT molecular complexity index is 345. The molecule has 2 aliphatic rings. The Morgan fingerprint density at radius 1 is 1.53 bits per heavy atom. The molecule has 2 rings (SSSR count). The summed E-state index contributed by atoms with van der Waals surface area (Å²) in [5.41, 5.74) is 0.377. The maximum absolute atomic E-state index is 5.56. The quantitative estimate of drug-likeness (QED) is 0.268. The first-order valence-corrected chi connectivity index (χ1v) is 6.84. The number of nitrogens with one attached hydrogen (secondary N) is 1. The van der Waals surface area contributed by atoms with Gasteiger partial charge >= 0.3 is 0 Å². The molecule has 1 atom stereocenters. The van der Waals surface area contributed by atoms with Crippen LogP contribution >= 0.6 is 24.0 Å². The molecule has 0 aliphatic carbocycles. The topological polar surface area (TPSA) is 36.9 Å². The molecule has 0 aromatic heterocycles. The zero-order chi connectivity index (χ0) is 12.8. The van der Waals surface area contributed by atoms with Crippen LogP contribution in [0.4, 0.5) is 0 Å². The summed E-state index contributed by atoms with van der Waals surface area (Å²) in [6, 6.07) is 0. The fourth-order valence-electron chi connectivity index (χ4n) is 2.74. The fraction of sp³-hybridized carbons (Fsp3) is 0.786. The Balaban J connectivity index is 0.00000180. The third-order valence-electron chi connectivity index (χ3n) is 3.78. The van der Waals surface area contributed by atoms with Crippen molar-refractivity contribution in [2.75, 3.05) is 39.4 Å². The molecule has 1 spiro atoms. The predicted molar refractivity (Wildman–Crippen MR) is 88.9 cm³/mol. The van der Waals surface area contributed by atoms with Gasteiger partial charge in [-0.25, -0.2) is 0 Å². The summed E-state index contributed by atoms with van der Waals surface area (Å²) in [4.78, 5) is 6.94. The van der Waals surface area contributed by atoms with E-state index in [1.165, 1.54) is 12.8 Å². The van der Waals surface area contributed by atoms with Crippen LogP contribution in [0.3, 0.4) is 0 Å². The lowest BCUT2D eigenvalue weighted by molar-refractivity contribution is 0.156. The number of likely N-dealkylation sites (tertiary alicyclic amines) is 1. The van der Waals surface area contributed by atoms with Crippen LogP contribution < -0.4 is 5.32 Å². The highest BCUT2D eigenvalue weighted by atomic mass is 127. The molecule has 4 nitrogen and oxygen atoms in total. The van der Waals surface area contributed by atoms with Crippen molar-refractivity contribution in [3.63, 3.8) is 0 Å². The van der Waals surface area contributed by atoms with Crippen LogP contribution in [-0.4, -0.2) is 50.3 Å². The lowest BCUT2D eigenvalue weighted by atomic mass is 9.87. The first-order valence-electron chi connectivity index (χ1n) is 6.84. The van der Waals surface area contributed by atoms with Crippen LogP contribution in [0.1, 0.15) is 26.2 Å². The molecule has 0 aromatic rings. The monoisotopic (exact) mass is 377 g/mol. The summed E-state index contributed by atoms with van der Waals surface area (Å²) in [6.45, 7) is 7.67. The number of rotatable bonds is 3. The summed E-state index contributed by atoms with van der Waals surface area (Å²) in [5.74, 6) is 3.64. The van der Waals surface area contributed by atoms with Gasteiger partial charge in [-0.1, -0.05) is 0 Å². The standard InChI is InChI=1S/C14H23N3O.HI/c1-3-5-8-16-13(15-4-2)17-9-6-14(11-17)7-10-18-12-14;/h1H,4-12H2,2H3,(H,15,16);1H. The molecular weight excluding hydrogens is 353 g/mol. The van der Waals surface area contributed by atoms with E-state index in [1.54, 1.807) is 0 Å². The number of terminal acetylenes is 1. The van der Waals surface area contributed by atoms with Gasteiger partial charge < -0.3 is 15.0 Å². The van der Waals surface area contributed by atoms with E-state index in [0.717, 1.165) is 38.8 Å². The molecule has 0 amide bonds. The molecule has 2 fully saturated rings. The minimum absolute atomic E-state index is 0. The van der Waals surface area contributed by atoms with Crippen LogP contribution in [0.5, 0.6) is 0 Å². The molecule has 108 valence electrons. The highest BCUT2D eigenvalue weighted by Gasteiger charge is 2.42. The van der Waals surface area contributed by atoms with Gasteiger partial charge in [-0.15, -0.1) is 36.3 Å². The Labute approximate surface area is 133 Å². The second-order valence-electron chi connectivity index (χ2n) is 5.16. The molecular formula is C14H24IN3O. The molecule has 2 aliphatic heterocycles. The van der Waals surface area contributed by atoms with Gasteiger partial charge in [0.15, 0.2) is 5.96 Å². The summed E-state index contributed by atoms with van der Waals surface area (Å²) in [7, 11) is 0. The minimum Gasteiger partial charge on any atom is -0.381 e. The van der Waals surface area contributed by atoms with E-state index < -0.39 is 0 Å². The van der Waals surface area contributed by atoms with Crippen LogP contribution in [0, 0.1) is 17.8 Å². The molecule has 5 heteroatoms. The summed E-state index contributed by atoms with van der Waals surface area (Å²) < 4.78 is 5.56. The highest BCUT2D eigenvalue weighted by molar-refractivity contribution is 14.0. The number of guanidine groups is 1. The van der Waals surface area contributed by atoms with Gasteiger partial charge in [-0.2, -0.15) is 0 Å². The summed E-state index contributed by atoms with van der Waals surface area (Å²) in [5, 5.41) is 3.36. The number of hydrogen-bond donors (Lipinski definition) is 1. The van der Waals surface area contributed by atoms with Gasteiger partial charge in [0.05, 0.1) is 13.2 Å². The Kier molecular flexibility index (Phi) is 6.94. The van der Waals surface area contributed by atoms with E-state index in [9.17, 15) is 0 Å². The molecule has 0 saturated carbocycles. The number of nitrogens with zero attached hydrogens (tertiary/aromatic N) is 2. The van der Waals surface area contributed by atoms with Gasteiger partial charge in [0.1, 0.15) is 0 Å². The van der Waals surface area contributed by atoms with E-state index >= 15 is 0 Å². The average Bonchev–Trinajstić information content (AvgIpc) is 3.00. The first-order chi connectivity index (χ1) is 8.79. The van der Waals surface area contributed by atoms with Crippen molar-refractivity contribution in [3.8, 4) is 12.3 Å². The van der Waals surface area contributed by atoms with Crippen LogP contribution in [0.2, 0.25) is 0 Å². The van der Waals surface area contributed by atoms with Crippen molar-refractivity contribution < 1.29 is 4.74 Å². The number of halogens is 1. The second-order valence-corrected chi connectivity index (χ2v) is 5.16. The zero-order valence-electron chi connectivity index (χ0n) is 11.7. The third-order valence-corrected chi connectivity index (χ3v) is 3.78. The Morgan fingerprint density at radius 3 is 3.00 bits per heavy atom. The van der Waals surface area contributed by atoms with Gasteiger partial charge in [-0.05, 0) is 19.8 Å². The highest BCUT2D eigenvalue weighted by Crippen LogP contribution is 2.38. The average molecular weight is 377 g/mol. The fourth-order valence-corrected chi connectivity index (χ4v) is 2.74. The molecule has 0 radical (unpaired) electrons. The van der Waals surface area contributed by atoms with E-state index in [0.29, 0.717) is 18.4 Å². The van der Waals surface area contributed by atoms with Gasteiger partial charge in [0.2, 0.25) is 0 Å². The number of hydrogen-bond acceptors (Lipinski definition) is 2. The maximum Gasteiger partial charge on any atom is 0.193 e.